The Kier molecular flexibility index (Phi) is 4.80. The van der Waals surface area contributed by atoms with Gasteiger partial charge in [0.25, 0.3) is 5.56 Å². The summed E-state index contributed by atoms with van der Waals surface area (Å²) in [6.07, 6.45) is 7.62. The molecule has 0 radical (unpaired) electrons. The molecule has 3 fully saturated rings. The van der Waals surface area contributed by atoms with E-state index in [2.05, 4.69) is 22.5 Å². The molecule has 1 unspecified atom stereocenters. The molecule has 30 heavy (non-hydrogen) atoms. The standard InChI is InChI=1S/C25H27N3O2/c1-2-18-16-27-14-11-19(18)15-23(27)25(30,17-28-13-6-5-9-24(28)29)21-10-12-26-22-8-4-3-7-20(21)22/h2-10,12-13,18-19,23,30H,1,11,14-17H2/t18-,19-,23+,25-/m0/s1. The number of hydrogen-bond acceptors (Lipinski definition) is 4. The normalized spacial score (nSPS) is 27.6. The molecule has 1 aromatic carbocycles. The molecule has 3 aromatic rings. The molecule has 5 atom stereocenters. The molecular weight excluding hydrogens is 374 g/mol. The fraction of sp³-hybridized carbons (Fsp3) is 0.360. The second kappa shape index (κ2) is 7.49. The number of rotatable bonds is 5. The van der Waals surface area contributed by atoms with E-state index in [1.807, 2.05) is 36.4 Å². The van der Waals surface area contributed by atoms with Gasteiger partial charge in [-0.2, -0.15) is 0 Å². The van der Waals surface area contributed by atoms with Gasteiger partial charge in [-0.05, 0) is 55.0 Å². The molecule has 0 spiro atoms. The fourth-order valence-electron chi connectivity index (χ4n) is 5.53. The van der Waals surface area contributed by atoms with Gasteiger partial charge in [0, 0.05) is 36.4 Å². The molecule has 154 valence electrons. The highest BCUT2D eigenvalue weighted by Gasteiger charge is 2.50. The van der Waals surface area contributed by atoms with Gasteiger partial charge in [-0.1, -0.05) is 30.3 Å². The zero-order valence-electron chi connectivity index (χ0n) is 17.0. The number of nitrogens with zero attached hydrogens (tertiary/aromatic N) is 3. The first-order valence-electron chi connectivity index (χ1n) is 10.7. The van der Waals surface area contributed by atoms with Crippen LogP contribution < -0.4 is 5.56 Å². The van der Waals surface area contributed by atoms with Gasteiger partial charge in [0.15, 0.2) is 0 Å². The van der Waals surface area contributed by atoms with Crippen molar-refractivity contribution in [3.63, 3.8) is 0 Å². The number of hydrogen-bond donors (Lipinski definition) is 1. The molecule has 0 aliphatic carbocycles. The lowest BCUT2D eigenvalue weighted by Crippen LogP contribution is -2.62. The van der Waals surface area contributed by atoms with E-state index in [-0.39, 0.29) is 18.1 Å². The summed E-state index contributed by atoms with van der Waals surface area (Å²) in [7, 11) is 0. The minimum Gasteiger partial charge on any atom is -0.382 e. The van der Waals surface area contributed by atoms with E-state index in [4.69, 9.17) is 0 Å². The van der Waals surface area contributed by atoms with Gasteiger partial charge in [-0.15, -0.1) is 6.58 Å². The van der Waals surface area contributed by atoms with Gasteiger partial charge in [0.2, 0.25) is 0 Å². The number of fused-ring (bicyclic) bond motifs is 4. The van der Waals surface area contributed by atoms with Crippen molar-refractivity contribution >= 4 is 10.9 Å². The Morgan fingerprint density at radius 1 is 1.20 bits per heavy atom. The summed E-state index contributed by atoms with van der Waals surface area (Å²) in [4.78, 5) is 19.4. The lowest BCUT2D eigenvalue weighted by atomic mass is 9.69. The summed E-state index contributed by atoms with van der Waals surface area (Å²) in [6, 6.07) is 14.9. The highest BCUT2D eigenvalue weighted by Crippen LogP contribution is 2.45. The quantitative estimate of drug-likeness (QED) is 0.667. The van der Waals surface area contributed by atoms with E-state index in [9.17, 15) is 9.90 Å². The van der Waals surface area contributed by atoms with Crippen LogP contribution in [0.2, 0.25) is 0 Å². The van der Waals surface area contributed by atoms with Gasteiger partial charge in [0.1, 0.15) is 5.60 Å². The average Bonchev–Trinajstić information content (AvgIpc) is 2.80. The predicted octanol–water partition coefficient (Wildman–Crippen LogP) is 3.18. The smallest absolute Gasteiger partial charge is 0.250 e. The van der Waals surface area contributed by atoms with Crippen molar-refractivity contribution in [2.45, 2.75) is 31.0 Å². The monoisotopic (exact) mass is 401 g/mol. The van der Waals surface area contributed by atoms with E-state index < -0.39 is 5.60 Å². The Bertz CT molecular complexity index is 1130. The third-order valence-corrected chi connectivity index (χ3v) is 7.08. The van der Waals surface area contributed by atoms with Crippen LogP contribution in [0.4, 0.5) is 0 Å². The van der Waals surface area contributed by atoms with Crippen LogP contribution in [0, 0.1) is 11.8 Å². The number of para-hydroxylation sites is 1. The van der Waals surface area contributed by atoms with Gasteiger partial charge in [0.05, 0.1) is 12.1 Å². The molecule has 1 N–H and O–H groups in total. The summed E-state index contributed by atoms with van der Waals surface area (Å²) in [5.41, 5.74) is 0.387. The van der Waals surface area contributed by atoms with Crippen LogP contribution in [0.5, 0.6) is 0 Å². The van der Waals surface area contributed by atoms with Crippen LogP contribution >= 0.6 is 0 Å². The molecule has 5 heterocycles. The second-order valence-electron chi connectivity index (χ2n) is 8.66. The van der Waals surface area contributed by atoms with Gasteiger partial charge in [-0.3, -0.25) is 14.7 Å². The highest BCUT2D eigenvalue weighted by atomic mass is 16.3. The van der Waals surface area contributed by atoms with Crippen LogP contribution in [0.1, 0.15) is 18.4 Å². The molecule has 3 saturated heterocycles. The van der Waals surface area contributed by atoms with Crippen molar-refractivity contribution < 1.29 is 5.11 Å². The average molecular weight is 402 g/mol. The molecule has 2 aromatic heterocycles. The number of aliphatic hydroxyl groups is 1. The Labute approximate surface area is 176 Å². The van der Waals surface area contributed by atoms with E-state index in [1.54, 1.807) is 29.1 Å². The topological polar surface area (TPSA) is 58.4 Å². The molecule has 5 heteroatoms. The van der Waals surface area contributed by atoms with Crippen LogP contribution in [0.3, 0.4) is 0 Å². The number of aromatic nitrogens is 2. The summed E-state index contributed by atoms with van der Waals surface area (Å²) in [5, 5.41) is 13.3. The van der Waals surface area contributed by atoms with Crippen LogP contribution in [-0.4, -0.2) is 38.7 Å². The zero-order valence-corrected chi connectivity index (χ0v) is 17.0. The lowest BCUT2D eigenvalue weighted by Gasteiger charge is -2.54. The zero-order chi connectivity index (χ0) is 20.7. The summed E-state index contributed by atoms with van der Waals surface area (Å²) >= 11 is 0. The first kappa shape index (κ1) is 19.2. The van der Waals surface area contributed by atoms with Crippen molar-refractivity contribution in [3.05, 3.63) is 89.5 Å². The van der Waals surface area contributed by atoms with Crippen molar-refractivity contribution in [1.82, 2.24) is 14.5 Å². The molecule has 0 saturated carbocycles. The molecule has 5 nitrogen and oxygen atoms in total. The van der Waals surface area contributed by atoms with Crippen molar-refractivity contribution in [2.75, 3.05) is 13.1 Å². The van der Waals surface area contributed by atoms with Crippen LogP contribution in [0.25, 0.3) is 10.9 Å². The van der Waals surface area contributed by atoms with Gasteiger partial charge in [-0.25, -0.2) is 0 Å². The van der Waals surface area contributed by atoms with E-state index in [1.165, 1.54) is 0 Å². The molecule has 6 rings (SSSR count). The third kappa shape index (κ3) is 3.09. The maximum atomic E-state index is 12.5. The molecular formula is C25H27N3O2. The Hall–Kier alpha value is -2.76. The Morgan fingerprint density at radius 2 is 2.03 bits per heavy atom. The molecule has 2 bridgehead atoms. The second-order valence-corrected chi connectivity index (χ2v) is 8.66. The van der Waals surface area contributed by atoms with E-state index in [0.29, 0.717) is 11.8 Å². The van der Waals surface area contributed by atoms with Crippen molar-refractivity contribution in [2.24, 2.45) is 11.8 Å². The molecule has 3 aliphatic rings. The first-order chi connectivity index (χ1) is 14.6. The minimum atomic E-state index is -1.21. The maximum Gasteiger partial charge on any atom is 0.250 e. The number of benzene rings is 1. The van der Waals surface area contributed by atoms with Gasteiger partial charge >= 0.3 is 0 Å². The van der Waals surface area contributed by atoms with E-state index in [0.717, 1.165) is 42.4 Å². The Balaban J connectivity index is 1.66. The predicted molar refractivity (Wildman–Crippen MR) is 118 cm³/mol. The summed E-state index contributed by atoms with van der Waals surface area (Å²) in [5.74, 6) is 0.984. The lowest BCUT2D eigenvalue weighted by molar-refractivity contribution is -0.117. The largest absolute Gasteiger partial charge is 0.382 e. The minimum absolute atomic E-state index is 0.0645. The Morgan fingerprint density at radius 3 is 2.80 bits per heavy atom. The van der Waals surface area contributed by atoms with Crippen LogP contribution in [0.15, 0.2) is 78.4 Å². The molecule has 0 amide bonds. The molecule has 3 aliphatic heterocycles. The SMILES string of the molecule is C=C[C@H]1CN2CC[C@H]1C[C@@H]2[C@](O)(Cn1ccccc1=O)c1ccnc2ccccc12. The number of pyridine rings is 2. The van der Waals surface area contributed by atoms with E-state index >= 15 is 0 Å². The third-order valence-electron chi connectivity index (χ3n) is 7.08. The summed E-state index contributed by atoms with van der Waals surface area (Å²) in [6.45, 7) is 6.12. The van der Waals surface area contributed by atoms with Crippen molar-refractivity contribution in [1.29, 1.82) is 0 Å². The highest BCUT2D eigenvalue weighted by molar-refractivity contribution is 5.82. The fourth-order valence-corrected chi connectivity index (χ4v) is 5.53. The first-order valence-corrected chi connectivity index (χ1v) is 10.7. The number of piperidine rings is 3. The van der Waals surface area contributed by atoms with Crippen molar-refractivity contribution in [3.8, 4) is 0 Å². The van der Waals surface area contributed by atoms with Crippen LogP contribution in [-0.2, 0) is 12.1 Å². The summed E-state index contributed by atoms with van der Waals surface area (Å²) < 4.78 is 1.63. The maximum absolute atomic E-state index is 12.5. The van der Waals surface area contributed by atoms with Gasteiger partial charge < -0.3 is 9.67 Å².